The molecular weight excluding hydrogens is 903 g/mol. The number of rotatable bonds is 6. The zero-order valence-corrected chi connectivity index (χ0v) is 35.7. The van der Waals surface area contributed by atoms with Crippen LogP contribution in [-0.4, -0.2) is 14.5 Å². The second-order valence-corrected chi connectivity index (χ2v) is 15.4. The van der Waals surface area contributed by atoms with Gasteiger partial charge < -0.3 is 18.4 Å². The first kappa shape index (κ1) is 32.8. The van der Waals surface area contributed by atoms with E-state index in [2.05, 4.69) is 141 Å². The van der Waals surface area contributed by atoms with Crippen LogP contribution in [0.5, 0.6) is 0 Å². The minimum absolute atomic E-state index is 0. The maximum atomic E-state index is 7.28. The standard InChI is InChI=1S/C40H33N2O2.C13H12N.Ir/c1-23(2)28-9-8-10-29(24(3)4)39(28)42-35-12-7-6-11-34(35)41-40(42)33-22-43-36-17-14-26(21-32(33)36)27-15-18-37-31(20-27)30-16-13-25(5)19-38(30)44-37;1-10-3-6-12(7-4-10)13-8-5-11(2)9-14-13;/h6-21,23-24H,1-5H3;3-6,8-9H,1-2H3;/q2*-1;/i;1D3,2D3;. The average molecular weight is 954 g/mol. The molecule has 59 heavy (non-hydrogen) atoms. The summed E-state index contributed by atoms with van der Waals surface area (Å²) in [5.41, 5.74) is 14.2. The predicted molar refractivity (Wildman–Crippen MR) is 239 cm³/mol. The Bertz CT molecular complexity index is 3240. The van der Waals surface area contributed by atoms with Crippen LogP contribution in [0, 0.1) is 33.0 Å². The molecule has 0 saturated carbocycles. The van der Waals surface area contributed by atoms with Crippen molar-refractivity contribution in [3.8, 4) is 39.5 Å². The number of hydrogen-bond donors (Lipinski definition) is 0. The molecule has 0 bridgehead atoms. The number of furan rings is 2. The molecule has 6 heteroatoms. The van der Waals surface area contributed by atoms with E-state index in [1.165, 1.54) is 46.8 Å². The quantitative estimate of drug-likeness (QED) is 0.156. The molecule has 0 spiro atoms. The number of fused-ring (bicyclic) bond motifs is 5. The van der Waals surface area contributed by atoms with Crippen LogP contribution in [0.15, 0.2) is 142 Å². The Morgan fingerprint density at radius 2 is 1.37 bits per heavy atom. The minimum Gasteiger partial charge on any atom is -0.557 e. The van der Waals surface area contributed by atoms with Crippen molar-refractivity contribution < 1.29 is 37.2 Å². The average Bonchev–Trinajstić information content (AvgIpc) is 3.98. The van der Waals surface area contributed by atoms with Crippen LogP contribution in [0.4, 0.5) is 0 Å². The summed E-state index contributed by atoms with van der Waals surface area (Å²) < 4.78 is 58.2. The van der Waals surface area contributed by atoms with Gasteiger partial charge in [0.15, 0.2) is 0 Å². The molecule has 4 aromatic heterocycles. The Morgan fingerprint density at radius 3 is 2.07 bits per heavy atom. The van der Waals surface area contributed by atoms with Crippen molar-refractivity contribution >= 4 is 43.9 Å². The molecule has 295 valence electrons. The van der Waals surface area contributed by atoms with Crippen LogP contribution in [0.3, 0.4) is 0 Å². The molecule has 10 rings (SSSR count). The molecule has 0 aliphatic heterocycles. The van der Waals surface area contributed by atoms with Gasteiger partial charge in [-0.25, -0.2) is 0 Å². The smallest absolute Gasteiger partial charge is 0.135 e. The zero-order valence-electron chi connectivity index (χ0n) is 39.3. The van der Waals surface area contributed by atoms with E-state index >= 15 is 0 Å². The van der Waals surface area contributed by atoms with Gasteiger partial charge in [0.1, 0.15) is 11.2 Å². The van der Waals surface area contributed by atoms with Gasteiger partial charge in [0.25, 0.3) is 0 Å². The Labute approximate surface area is 367 Å². The van der Waals surface area contributed by atoms with Gasteiger partial charge in [-0.2, -0.15) is 0 Å². The van der Waals surface area contributed by atoms with Crippen molar-refractivity contribution in [1.29, 1.82) is 0 Å². The maximum absolute atomic E-state index is 7.28. The molecule has 10 aromatic rings. The van der Waals surface area contributed by atoms with E-state index in [0.29, 0.717) is 23.1 Å². The first-order valence-corrected chi connectivity index (χ1v) is 19.5. The third-order valence-corrected chi connectivity index (χ3v) is 10.7. The van der Waals surface area contributed by atoms with Gasteiger partial charge in [-0.1, -0.05) is 124 Å². The normalized spacial score (nSPS) is 13.4. The Balaban J connectivity index is 0.000000232. The fourth-order valence-electron chi connectivity index (χ4n) is 7.71. The van der Waals surface area contributed by atoms with E-state index in [9.17, 15) is 0 Å². The van der Waals surface area contributed by atoms with E-state index in [4.69, 9.17) is 22.0 Å². The van der Waals surface area contributed by atoms with Crippen molar-refractivity contribution in [3.05, 3.63) is 174 Å². The number of aryl methyl sites for hydroxylation is 3. The Kier molecular flexibility index (Phi) is 9.07. The molecule has 0 amide bonds. The molecule has 1 radical (unpaired) electrons. The summed E-state index contributed by atoms with van der Waals surface area (Å²) in [5.74, 6) is 1.52. The number of nitrogens with zero attached hydrogens (tertiary/aromatic N) is 3. The van der Waals surface area contributed by atoms with Crippen molar-refractivity contribution in [2.45, 2.75) is 60.2 Å². The van der Waals surface area contributed by atoms with E-state index in [1.807, 2.05) is 12.1 Å². The summed E-state index contributed by atoms with van der Waals surface area (Å²) in [4.78, 5) is 9.29. The monoisotopic (exact) mass is 954 g/mol. The topological polar surface area (TPSA) is 57.0 Å². The number of imidazole rings is 1. The van der Waals surface area contributed by atoms with Crippen LogP contribution in [0.1, 0.15) is 75.6 Å². The first-order valence-electron chi connectivity index (χ1n) is 22.5. The van der Waals surface area contributed by atoms with E-state index in [0.717, 1.165) is 66.5 Å². The molecule has 5 nitrogen and oxygen atoms in total. The van der Waals surface area contributed by atoms with E-state index in [1.54, 1.807) is 12.1 Å². The molecule has 0 aliphatic rings. The van der Waals surface area contributed by atoms with Crippen LogP contribution in [-0.2, 0) is 20.1 Å². The molecule has 4 heterocycles. The SMILES string of the molecule is Cc1ccc2c(c1)oc1ccc(-c3ccc4o[c-]c(-c5nc6ccccc6n5-c5c(C(C)C)cccc5C(C)C)c4c3)cc12.[2H]C([2H])([2H])c1c[c-]c(-c2ccc(C([2H])([2H])[2H])cn2)cc1.[Ir]. The number of benzene rings is 6. The fourth-order valence-corrected chi connectivity index (χ4v) is 7.71. The fraction of sp³-hybridized carbons (Fsp3) is 0.170. The van der Waals surface area contributed by atoms with Crippen LogP contribution in [0.2, 0.25) is 0 Å². The van der Waals surface area contributed by atoms with Crippen molar-refractivity contribution in [2.75, 3.05) is 0 Å². The molecule has 0 fully saturated rings. The Hall–Kier alpha value is -6.07. The van der Waals surface area contributed by atoms with E-state index < -0.39 is 13.7 Å². The van der Waals surface area contributed by atoms with Gasteiger partial charge in [0, 0.05) is 62.8 Å². The number of aromatic nitrogens is 3. The summed E-state index contributed by atoms with van der Waals surface area (Å²) in [6.45, 7) is 6.78. The summed E-state index contributed by atoms with van der Waals surface area (Å²) in [7, 11) is 0. The van der Waals surface area contributed by atoms with Gasteiger partial charge in [0.05, 0.1) is 16.9 Å². The van der Waals surface area contributed by atoms with E-state index in [-0.39, 0.29) is 31.2 Å². The zero-order chi connectivity index (χ0) is 45.1. The first-order chi connectivity index (χ1) is 30.5. The predicted octanol–water partition coefficient (Wildman–Crippen LogP) is 14.5. The van der Waals surface area contributed by atoms with Gasteiger partial charge in [0.2, 0.25) is 0 Å². The molecule has 0 unspecified atom stereocenters. The van der Waals surface area contributed by atoms with Crippen molar-refractivity contribution in [1.82, 2.24) is 14.5 Å². The number of pyridine rings is 1. The summed E-state index contributed by atoms with van der Waals surface area (Å²) in [6.07, 6.45) is 4.56. The summed E-state index contributed by atoms with van der Waals surface area (Å²) in [6, 6.07) is 44.7. The largest absolute Gasteiger partial charge is 0.557 e. The second kappa shape index (κ2) is 16.3. The molecule has 0 aliphatic carbocycles. The van der Waals surface area contributed by atoms with Crippen molar-refractivity contribution in [2.24, 2.45) is 0 Å². The maximum Gasteiger partial charge on any atom is 0.135 e. The van der Waals surface area contributed by atoms with Crippen molar-refractivity contribution in [3.63, 3.8) is 0 Å². The third-order valence-electron chi connectivity index (χ3n) is 10.7. The van der Waals surface area contributed by atoms with Gasteiger partial charge in [-0.3, -0.25) is 4.98 Å². The second-order valence-electron chi connectivity index (χ2n) is 15.4. The molecule has 0 saturated heterocycles. The van der Waals surface area contributed by atoms with Gasteiger partial charge in [-0.05, 0) is 95.0 Å². The molecule has 6 aromatic carbocycles. The molecule has 0 N–H and O–H groups in total. The van der Waals surface area contributed by atoms with Crippen LogP contribution in [0.25, 0.3) is 83.4 Å². The summed E-state index contributed by atoms with van der Waals surface area (Å²) in [5, 5.41) is 3.23. The van der Waals surface area contributed by atoms with Gasteiger partial charge >= 0.3 is 0 Å². The van der Waals surface area contributed by atoms with Gasteiger partial charge in [-0.15, -0.1) is 35.4 Å². The Morgan fingerprint density at radius 1 is 0.661 bits per heavy atom. The van der Waals surface area contributed by atoms with Crippen LogP contribution < -0.4 is 0 Å². The molecule has 0 atom stereocenters. The van der Waals surface area contributed by atoms with Crippen LogP contribution >= 0.6 is 0 Å². The number of hydrogen-bond acceptors (Lipinski definition) is 4. The minimum atomic E-state index is -2.18. The number of para-hydroxylation sites is 3. The summed E-state index contributed by atoms with van der Waals surface area (Å²) >= 11 is 0. The molecular formula is C53H45IrN3O2-2. The third kappa shape index (κ3) is 7.55.